The molecule has 27 heavy (non-hydrogen) atoms. The second-order valence-corrected chi connectivity index (χ2v) is 5.88. The molecule has 0 saturated heterocycles. The van der Waals surface area contributed by atoms with Crippen molar-refractivity contribution in [2.45, 2.75) is 19.8 Å². The summed E-state index contributed by atoms with van der Waals surface area (Å²) in [5.74, 6) is 2.62. The Hall–Kier alpha value is -1.96. The molecule has 2 aromatic rings. The van der Waals surface area contributed by atoms with Crippen LogP contribution < -0.4 is 20.1 Å². The second kappa shape index (κ2) is 13.2. The first-order valence-electron chi connectivity index (χ1n) is 9.03. The second-order valence-electron chi connectivity index (χ2n) is 5.88. The first kappa shape index (κ1) is 23.1. The van der Waals surface area contributed by atoms with Crippen LogP contribution in [0.5, 0.6) is 11.5 Å². The fourth-order valence-electron chi connectivity index (χ4n) is 2.55. The zero-order valence-corrected chi connectivity index (χ0v) is 18.7. The van der Waals surface area contributed by atoms with Crippen molar-refractivity contribution in [2.24, 2.45) is 4.99 Å². The highest BCUT2D eigenvalue weighted by molar-refractivity contribution is 14.0. The molecule has 0 atom stereocenters. The summed E-state index contributed by atoms with van der Waals surface area (Å²) < 4.78 is 10.4. The molecule has 0 bridgehead atoms. The molecule has 2 N–H and O–H groups in total. The molecule has 5 nitrogen and oxygen atoms in total. The monoisotopic (exact) mass is 483 g/mol. The number of hydrogen-bond acceptors (Lipinski definition) is 3. The maximum atomic E-state index is 5.19. The van der Waals surface area contributed by atoms with E-state index in [4.69, 9.17) is 9.47 Å². The lowest BCUT2D eigenvalue weighted by molar-refractivity contribution is 0.414. The Morgan fingerprint density at radius 2 is 1.33 bits per heavy atom. The summed E-state index contributed by atoms with van der Waals surface area (Å²) in [5.41, 5.74) is 2.52. The maximum absolute atomic E-state index is 5.19. The highest BCUT2D eigenvalue weighted by Crippen LogP contribution is 2.12. The van der Waals surface area contributed by atoms with Crippen LogP contribution in [0, 0.1) is 0 Å². The van der Waals surface area contributed by atoms with Crippen LogP contribution >= 0.6 is 24.0 Å². The standard InChI is InChI=1S/C21H29N3O2.HI/c1-4-22-21(23-15-13-17-5-9-19(25-2)10-6-17)24-16-14-18-7-11-20(26-3)12-8-18;/h5-12H,4,13-16H2,1-3H3,(H2,22,23,24);1H. The lowest BCUT2D eigenvalue weighted by Gasteiger charge is -2.11. The number of rotatable bonds is 9. The number of nitrogens with zero attached hydrogens (tertiary/aromatic N) is 1. The highest BCUT2D eigenvalue weighted by Gasteiger charge is 1.99. The third-order valence-electron chi connectivity index (χ3n) is 4.04. The summed E-state index contributed by atoms with van der Waals surface area (Å²) in [4.78, 5) is 4.65. The summed E-state index contributed by atoms with van der Waals surface area (Å²) in [7, 11) is 3.36. The molecule has 0 unspecified atom stereocenters. The molecule has 0 radical (unpaired) electrons. The maximum Gasteiger partial charge on any atom is 0.191 e. The number of methoxy groups -OCH3 is 2. The molecule has 0 amide bonds. The number of guanidine groups is 1. The number of ether oxygens (including phenoxy) is 2. The minimum absolute atomic E-state index is 0. The molecule has 0 heterocycles. The number of nitrogens with one attached hydrogen (secondary N) is 2. The first-order chi connectivity index (χ1) is 12.7. The summed E-state index contributed by atoms with van der Waals surface area (Å²) in [6, 6.07) is 16.3. The summed E-state index contributed by atoms with van der Waals surface area (Å²) >= 11 is 0. The van der Waals surface area contributed by atoms with Gasteiger partial charge in [0.1, 0.15) is 11.5 Å². The zero-order valence-electron chi connectivity index (χ0n) is 16.3. The lowest BCUT2D eigenvalue weighted by atomic mass is 10.1. The van der Waals surface area contributed by atoms with Crippen LogP contribution in [0.15, 0.2) is 53.5 Å². The lowest BCUT2D eigenvalue weighted by Crippen LogP contribution is -2.38. The number of halogens is 1. The van der Waals surface area contributed by atoms with E-state index in [1.54, 1.807) is 14.2 Å². The van der Waals surface area contributed by atoms with Crippen molar-refractivity contribution in [2.75, 3.05) is 33.9 Å². The topological polar surface area (TPSA) is 54.9 Å². The Bertz CT molecular complexity index is 673. The van der Waals surface area contributed by atoms with Crippen LogP contribution in [0.25, 0.3) is 0 Å². The molecule has 0 aliphatic carbocycles. The Kier molecular flexibility index (Phi) is 11.3. The quantitative estimate of drug-likeness (QED) is 0.325. The molecule has 2 aromatic carbocycles. The van der Waals surface area contributed by atoms with Gasteiger partial charge in [-0.25, -0.2) is 0 Å². The number of aliphatic imine (C=N–C) groups is 1. The van der Waals surface area contributed by atoms with Gasteiger partial charge in [-0.3, -0.25) is 4.99 Å². The molecule has 0 fully saturated rings. The largest absolute Gasteiger partial charge is 0.497 e. The van der Waals surface area contributed by atoms with Gasteiger partial charge >= 0.3 is 0 Å². The van der Waals surface area contributed by atoms with Gasteiger partial charge in [0.05, 0.1) is 14.2 Å². The SMILES string of the molecule is CCNC(=NCCc1ccc(OC)cc1)NCCc1ccc(OC)cc1.I. The predicted octanol–water partition coefficient (Wildman–Crippen LogP) is 3.66. The van der Waals surface area contributed by atoms with Crippen molar-refractivity contribution in [3.63, 3.8) is 0 Å². The van der Waals surface area contributed by atoms with Gasteiger partial charge in [0.25, 0.3) is 0 Å². The van der Waals surface area contributed by atoms with Crippen molar-refractivity contribution in [3.05, 3.63) is 59.7 Å². The Morgan fingerprint density at radius 3 is 1.81 bits per heavy atom. The minimum Gasteiger partial charge on any atom is -0.497 e. The molecule has 0 aliphatic heterocycles. The van der Waals surface area contributed by atoms with Crippen LogP contribution in [0.2, 0.25) is 0 Å². The van der Waals surface area contributed by atoms with Gasteiger partial charge in [-0.2, -0.15) is 0 Å². The Morgan fingerprint density at radius 1 is 0.815 bits per heavy atom. The van der Waals surface area contributed by atoms with E-state index >= 15 is 0 Å². The van der Waals surface area contributed by atoms with Crippen LogP contribution in [-0.2, 0) is 12.8 Å². The van der Waals surface area contributed by atoms with Crippen molar-refractivity contribution in [1.29, 1.82) is 0 Å². The highest BCUT2D eigenvalue weighted by atomic mass is 127. The summed E-state index contributed by atoms with van der Waals surface area (Å²) in [6.07, 6.45) is 1.84. The van der Waals surface area contributed by atoms with Crippen LogP contribution in [0.1, 0.15) is 18.1 Å². The average molecular weight is 483 g/mol. The molecule has 0 aliphatic rings. The van der Waals surface area contributed by atoms with Crippen LogP contribution in [0.4, 0.5) is 0 Å². The van der Waals surface area contributed by atoms with Gasteiger partial charge < -0.3 is 20.1 Å². The van der Waals surface area contributed by atoms with E-state index in [0.29, 0.717) is 0 Å². The van der Waals surface area contributed by atoms with E-state index in [1.807, 2.05) is 24.3 Å². The van der Waals surface area contributed by atoms with E-state index in [9.17, 15) is 0 Å². The smallest absolute Gasteiger partial charge is 0.191 e. The van der Waals surface area contributed by atoms with Crippen molar-refractivity contribution < 1.29 is 9.47 Å². The van der Waals surface area contributed by atoms with Crippen molar-refractivity contribution in [1.82, 2.24) is 10.6 Å². The van der Waals surface area contributed by atoms with E-state index in [0.717, 1.165) is 49.9 Å². The van der Waals surface area contributed by atoms with Crippen LogP contribution in [-0.4, -0.2) is 39.8 Å². The van der Waals surface area contributed by atoms with E-state index in [1.165, 1.54) is 11.1 Å². The molecule has 148 valence electrons. The first-order valence-corrected chi connectivity index (χ1v) is 9.03. The molecular formula is C21H30IN3O2. The van der Waals surface area contributed by atoms with Gasteiger partial charge in [0.2, 0.25) is 0 Å². The van der Waals surface area contributed by atoms with Gasteiger partial charge in [0.15, 0.2) is 5.96 Å². The van der Waals surface area contributed by atoms with E-state index in [-0.39, 0.29) is 24.0 Å². The van der Waals surface area contributed by atoms with E-state index < -0.39 is 0 Å². The van der Waals surface area contributed by atoms with Gasteiger partial charge in [-0.15, -0.1) is 24.0 Å². The molecule has 0 spiro atoms. The third-order valence-corrected chi connectivity index (χ3v) is 4.04. The van der Waals surface area contributed by atoms with Gasteiger partial charge in [0, 0.05) is 19.6 Å². The minimum atomic E-state index is 0. The molecule has 0 aromatic heterocycles. The molecule has 6 heteroatoms. The van der Waals surface area contributed by atoms with Crippen LogP contribution in [0.3, 0.4) is 0 Å². The fourth-order valence-corrected chi connectivity index (χ4v) is 2.55. The molecular weight excluding hydrogens is 453 g/mol. The average Bonchev–Trinajstić information content (AvgIpc) is 2.69. The van der Waals surface area contributed by atoms with Gasteiger partial charge in [-0.1, -0.05) is 24.3 Å². The Labute approximate surface area is 179 Å². The van der Waals surface area contributed by atoms with Gasteiger partial charge in [-0.05, 0) is 55.2 Å². The molecule has 0 saturated carbocycles. The Balaban J connectivity index is 0.00000364. The zero-order chi connectivity index (χ0) is 18.6. The fraction of sp³-hybridized carbons (Fsp3) is 0.381. The van der Waals surface area contributed by atoms with Crippen molar-refractivity contribution >= 4 is 29.9 Å². The normalized spacial score (nSPS) is 10.7. The molecule has 2 rings (SSSR count). The van der Waals surface area contributed by atoms with E-state index in [2.05, 4.69) is 46.8 Å². The predicted molar refractivity (Wildman–Crippen MR) is 123 cm³/mol. The van der Waals surface area contributed by atoms with Crippen molar-refractivity contribution in [3.8, 4) is 11.5 Å². The summed E-state index contributed by atoms with van der Waals surface area (Å²) in [5, 5.41) is 6.68. The number of benzene rings is 2. The summed E-state index contributed by atoms with van der Waals surface area (Å²) in [6.45, 7) is 4.49. The number of hydrogen-bond donors (Lipinski definition) is 2. The third kappa shape index (κ3) is 8.51.